The van der Waals surface area contributed by atoms with Crippen LogP contribution < -0.4 is 10.6 Å². The topological polar surface area (TPSA) is 41.1 Å². The predicted molar refractivity (Wildman–Crippen MR) is 65.2 cm³/mol. The van der Waals surface area contributed by atoms with E-state index in [1.807, 2.05) is 0 Å². The highest BCUT2D eigenvalue weighted by molar-refractivity contribution is 5.78. The molecule has 2 unspecified atom stereocenters. The molecule has 2 rings (SSSR count). The third-order valence-electron chi connectivity index (χ3n) is 3.72. The molecule has 92 valence electrons. The lowest BCUT2D eigenvalue weighted by Gasteiger charge is -2.27. The molecule has 0 aromatic heterocycles. The highest BCUT2D eigenvalue weighted by atomic mass is 16.1. The van der Waals surface area contributed by atoms with Crippen LogP contribution in [-0.2, 0) is 4.79 Å². The molecule has 3 heteroatoms. The molecule has 2 saturated carbocycles. The van der Waals surface area contributed by atoms with E-state index in [4.69, 9.17) is 0 Å². The van der Waals surface area contributed by atoms with Gasteiger partial charge in [0.2, 0.25) is 5.91 Å². The molecule has 0 aromatic carbocycles. The van der Waals surface area contributed by atoms with E-state index in [1.165, 1.54) is 32.1 Å². The van der Waals surface area contributed by atoms with Crippen molar-refractivity contribution in [1.29, 1.82) is 0 Å². The van der Waals surface area contributed by atoms with E-state index in [2.05, 4.69) is 17.6 Å². The normalized spacial score (nSPS) is 30.1. The van der Waals surface area contributed by atoms with Gasteiger partial charge in [-0.3, -0.25) is 4.79 Å². The van der Waals surface area contributed by atoms with Crippen LogP contribution in [0.1, 0.15) is 45.4 Å². The van der Waals surface area contributed by atoms with Gasteiger partial charge < -0.3 is 10.6 Å². The van der Waals surface area contributed by atoms with Crippen molar-refractivity contribution < 1.29 is 4.79 Å². The van der Waals surface area contributed by atoms with Gasteiger partial charge in [0.05, 0.1) is 6.54 Å². The Labute approximate surface area is 98.4 Å². The highest BCUT2D eigenvalue weighted by Gasteiger charge is 2.22. The molecule has 0 radical (unpaired) electrons. The Morgan fingerprint density at radius 2 is 2.06 bits per heavy atom. The molecule has 0 aliphatic heterocycles. The first-order chi connectivity index (χ1) is 7.74. The van der Waals surface area contributed by atoms with Crippen LogP contribution >= 0.6 is 0 Å². The van der Waals surface area contributed by atoms with E-state index in [-0.39, 0.29) is 5.91 Å². The summed E-state index contributed by atoms with van der Waals surface area (Å²) in [4.78, 5) is 11.6. The minimum Gasteiger partial charge on any atom is -0.352 e. The monoisotopic (exact) mass is 224 g/mol. The maximum absolute atomic E-state index is 11.6. The van der Waals surface area contributed by atoms with Gasteiger partial charge in [0.1, 0.15) is 0 Å². The number of rotatable bonds is 5. The molecule has 0 saturated heterocycles. The molecular weight excluding hydrogens is 200 g/mol. The van der Waals surface area contributed by atoms with Gasteiger partial charge in [-0.25, -0.2) is 0 Å². The second-order valence-electron chi connectivity index (χ2n) is 5.61. The fourth-order valence-electron chi connectivity index (χ4n) is 2.56. The van der Waals surface area contributed by atoms with E-state index in [0.717, 1.165) is 24.8 Å². The fourth-order valence-corrected chi connectivity index (χ4v) is 2.56. The Morgan fingerprint density at radius 3 is 2.75 bits per heavy atom. The largest absolute Gasteiger partial charge is 0.352 e. The summed E-state index contributed by atoms with van der Waals surface area (Å²) in [5.74, 6) is 1.81. The Balaban J connectivity index is 1.57. The van der Waals surface area contributed by atoms with Crippen LogP contribution in [0.2, 0.25) is 0 Å². The van der Waals surface area contributed by atoms with Crippen LogP contribution in [-0.4, -0.2) is 25.0 Å². The number of nitrogens with one attached hydrogen (secondary N) is 2. The Bertz CT molecular complexity index is 238. The molecule has 16 heavy (non-hydrogen) atoms. The van der Waals surface area contributed by atoms with E-state index in [9.17, 15) is 4.79 Å². The van der Waals surface area contributed by atoms with Crippen LogP contribution in [0.5, 0.6) is 0 Å². The first-order valence-corrected chi connectivity index (χ1v) is 6.74. The van der Waals surface area contributed by atoms with Crippen LogP contribution in [0.4, 0.5) is 0 Å². The third-order valence-corrected chi connectivity index (χ3v) is 3.72. The molecule has 3 nitrogen and oxygen atoms in total. The number of amides is 1. The van der Waals surface area contributed by atoms with Crippen molar-refractivity contribution in [2.45, 2.75) is 51.5 Å². The number of hydrogen-bond donors (Lipinski definition) is 2. The standard InChI is InChI=1S/C13H24N2O/c1-10-3-2-4-12(7-10)15-13(16)9-14-8-11-5-6-11/h10-12,14H,2-9H2,1H3,(H,15,16). The zero-order valence-corrected chi connectivity index (χ0v) is 10.3. The first-order valence-electron chi connectivity index (χ1n) is 6.74. The summed E-state index contributed by atoms with van der Waals surface area (Å²) in [6.45, 7) is 3.81. The van der Waals surface area contributed by atoms with Crippen LogP contribution in [0.15, 0.2) is 0 Å². The van der Waals surface area contributed by atoms with E-state index in [0.29, 0.717) is 12.6 Å². The van der Waals surface area contributed by atoms with E-state index >= 15 is 0 Å². The van der Waals surface area contributed by atoms with Crippen molar-refractivity contribution in [2.24, 2.45) is 11.8 Å². The molecule has 2 fully saturated rings. The second kappa shape index (κ2) is 5.67. The lowest BCUT2D eigenvalue weighted by molar-refractivity contribution is -0.121. The SMILES string of the molecule is CC1CCCC(NC(=O)CNCC2CC2)C1. The third kappa shape index (κ3) is 4.12. The molecule has 0 heterocycles. The zero-order valence-electron chi connectivity index (χ0n) is 10.3. The van der Waals surface area contributed by atoms with Crippen molar-refractivity contribution in [2.75, 3.05) is 13.1 Å². The van der Waals surface area contributed by atoms with Gasteiger partial charge in [-0.1, -0.05) is 19.8 Å². The average molecular weight is 224 g/mol. The minimum absolute atomic E-state index is 0.180. The van der Waals surface area contributed by atoms with Crippen molar-refractivity contribution >= 4 is 5.91 Å². The molecule has 0 aromatic rings. The summed E-state index contributed by atoms with van der Waals surface area (Å²) < 4.78 is 0. The lowest BCUT2D eigenvalue weighted by Crippen LogP contribution is -2.42. The average Bonchev–Trinajstić information content (AvgIpc) is 3.01. The van der Waals surface area contributed by atoms with Gasteiger partial charge in [0.15, 0.2) is 0 Å². The number of carbonyl (C=O) groups is 1. The molecule has 2 aliphatic rings. The van der Waals surface area contributed by atoms with Crippen LogP contribution in [0.3, 0.4) is 0 Å². The molecular formula is C13H24N2O. The molecule has 1 amide bonds. The Kier molecular flexibility index (Phi) is 4.22. The van der Waals surface area contributed by atoms with E-state index in [1.54, 1.807) is 0 Å². The van der Waals surface area contributed by atoms with Gasteiger partial charge in [-0.2, -0.15) is 0 Å². The fraction of sp³-hybridized carbons (Fsp3) is 0.923. The number of carbonyl (C=O) groups excluding carboxylic acids is 1. The molecule has 2 aliphatic carbocycles. The molecule has 0 bridgehead atoms. The van der Waals surface area contributed by atoms with E-state index < -0.39 is 0 Å². The summed E-state index contributed by atoms with van der Waals surface area (Å²) in [5, 5.41) is 6.38. The van der Waals surface area contributed by atoms with Crippen LogP contribution in [0.25, 0.3) is 0 Å². The van der Waals surface area contributed by atoms with Crippen molar-refractivity contribution in [3.05, 3.63) is 0 Å². The van der Waals surface area contributed by atoms with Gasteiger partial charge in [0, 0.05) is 6.04 Å². The van der Waals surface area contributed by atoms with Crippen molar-refractivity contribution in [1.82, 2.24) is 10.6 Å². The molecule has 2 N–H and O–H groups in total. The molecule has 0 spiro atoms. The smallest absolute Gasteiger partial charge is 0.234 e. The Hall–Kier alpha value is -0.570. The van der Waals surface area contributed by atoms with Gasteiger partial charge in [0.25, 0.3) is 0 Å². The van der Waals surface area contributed by atoms with Gasteiger partial charge in [-0.15, -0.1) is 0 Å². The summed E-state index contributed by atoms with van der Waals surface area (Å²) in [6.07, 6.45) is 7.60. The van der Waals surface area contributed by atoms with Crippen LogP contribution in [0, 0.1) is 11.8 Å². The zero-order chi connectivity index (χ0) is 11.4. The van der Waals surface area contributed by atoms with Crippen molar-refractivity contribution in [3.63, 3.8) is 0 Å². The van der Waals surface area contributed by atoms with Gasteiger partial charge in [-0.05, 0) is 44.1 Å². The van der Waals surface area contributed by atoms with Crippen molar-refractivity contribution in [3.8, 4) is 0 Å². The van der Waals surface area contributed by atoms with Gasteiger partial charge >= 0.3 is 0 Å². The minimum atomic E-state index is 0.180. The Morgan fingerprint density at radius 1 is 1.25 bits per heavy atom. The summed E-state index contributed by atoms with van der Waals surface area (Å²) in [5.41, 5.74) is 0. The molecule has 2 atom stereocenters. The number of hydrogen-bond acceptors (Lipinski definition) is 2. The highest BCUT2D eigenvalue weighted by Crippen LogP contribution is 2.27. The maximum atomic E-state index is 11.6. The summed E-state index contributed by atoms with van der Waals surface area (Å²) >= 11 is 0. The quantitative estimate of drug-likeness (QED) is 0.746. The summed E-state index contributed by atoms with van der Waals surface area (Å²) in [7, 11) is 0. The predicted octanol–water partition coefficient (Wildman–Crippen LogP) is 1.68. The lowest BCUT2D eigenvalue weighted by atomic mass is 9.87. The second-order valence-corrected chi connectivity index (χ2v) is 5.61. The summed E-state index contributed by atoms with van der Waals surface area (Å²) in [6, 6.07) is 0.430. The maximum Gasteiger partial charge on any atom is 0.234 e. The first kappa shape index (κ1) is 11.9.